The zero-order valence-corrected chi connectivity index (χ0v) is 9.15. The van der Waals surface area contributed by atoms with Crippen LogP contribution in [-0.4, -0.2) is 20.2 Å². The van der Waals surface area contributed by atoms with Gasteiger partial charge in [-0.3, -0.25) is 0 Å². The lowest BCUT2D eigenvalue weighted by molar-refractivity contribution is -0.0287. The second kappa shape index (κ2) is 3.53. The van der Waals surface area contributed by atoms with Crippen molar-refractivity contribution in [1.29, 1.82) is 0 Å². The van der Waals surface area contributed by atoms with E-state index in [1.54, 1.807) is 0 Å². The van der Waals surface area contributed by atoms with Crippen LogP contribution in [0, 0.1) is 5.92 Å². The SMILES string of the molecule is CN1C[C@H]2CCCO[C@H]2c2ccccc21. The highest BCUT2D eigenvalue weighted by molar-refractivity contribution is 5.56. The molecule has 0 aliphatic carbocycles. The van der Waals surface area contributed by atoms with E-state index >= 15 is 0 Å². The highest BCUT2D eigenvalue weighted by Crippen LogP contribution is 2.42. The average Bonchev–Trinajstić information content (AvgIpc) is 2.30. The number of ether oxygens (including phenoxy) is 1. The molecule has 1 aromatic rings. The van der Waals surface area contributed by atoms with Crippen LogP contribution >= 0.6 is 0 Å². The summed E-state index contributed by atoms with van der Waals surface area (Å²) in [6.07, 6.45) is 2.88. The van der Waals surface area contributed by atoms with Gasteiger partial charge in [-0.25, -0.2) is 0 Å². The maximum absolute atomic E-state index is 5.93. The minimum absolute atomic E-state index is 0.353. The molecular formula is C13H17NO. The molecule has 80 valence electrons. The Morgan fingerprint density at radius 2 is 2.20 bits per heavy atom. The van der Waals surface area contributed by atoms with Crippen LogP contribution in [0.3, 0.4) is 0 Å². The lowest BCUT2D eigenvalue weighted by Crippen LogP contribution is -2.38. The Balaban J connectivity index is 2.03. The number of nitrogens with zero attached hydrogens (tertiary/aromatic N) is 1. The fourth-order valence-corrected chi connectivity index (χ4v) is 2.90. The van der Waals surface area contributed by atoms with Gasteiger partial charge in [0.25, 0.3) is 0 Å². The van der Waals surface area contributed by atoms with Crippen LogP contribution in [0.1, 0.15) is 24.5 Å². The van der Waals surface area contributed by atoms with Gasteiger partial charge in [0.2, 0.25) is 0 Å². The number of hydrogen-bond donors (Lipinski definition) is 0. The van der Waals surface area contributed by atoms with E-state index in [0.717, 1.165) is 13.2 Å². The molecule has 2 aliphatic heterocycles. The molecule has 2 heteroatoms. The van der Waals surface area contributed by atoms with Crippen LogP contribution in [-0.2, 0) is 4.74 Å². The highest BCUT2D eigenvalue weighted by Gasteiger charge is 2.34. The van der Waals surface area contributed by atoms with Gasteiger partial charge in [0.15, 0.2) is 0 Å². The standard InChI is InChI=1S/C13H17NO/c1-14-9-10-5-4-8-15-13(10)11-6-2-3-7-12(11)14/h2-3,6-7,10,13H,4-5,8-9H2,1H3/t10-,13-/m1/s1. The van der Waals surface area contributed by atoms with Crippen molar-refractivity contribution in [2.45, 2.75) is 18.9 Å². The number of rotatable bonds is 0. The monoisotopic (exact) mass is 203 g/mol. The van der Waals surface area contributed by atoms with Crippen LogP contribution in [0.25, 0.3) is 0 Å². The zero-order chi connectivity index (χ0) is 10.3. The number of anilines is 1. The zero-order valence-electron chi connectivity index (χ0n) is 9.15. The summed E-state index contributed by atoms with van der Waals surface area (Å²) < 4.78 is 5.93. The van der Waals surface area contributed by atoms with Gasteiger partial charge in [-0.1, -0.05) is 18.2 Å². The van der Waals surface area contributed by atoms with Gasteiger partial charge in [0.1, 0.15) is 0 Å². The molecule has 0 aromatic heterocycles. The predicted octanol–water partition coefficient (Wildman–Crippen LogP) is 2.60. The quantitative estimate of drug-likeness (QED) is 0.642. The Kier molecular flexibility index (Phi) is 2.17. The second-order valence-corrected chi connectivity index (χ2v) is 4.63. The Labute approximate surface area is 90.8 Å². The molecule has 2 nitrogen and oxygen atoms in total. The van der Waals surface area contributed by atoms with Crippen molar-refractivity contribution in [3.05, 3.63) is 29.8 Å². The molecule has 0 bridgehead atoms. The first-order valence-electron chi connectivity index (χ1n) is 5.78. The van der Waals surface area contributed by atoms with E-state index in [2.05, 4.69) is 36.2 Å². The second-order valence-electron chi connectivity index (χ2n) is 4.63. The molecule has 2 aliphatic rings. The van der Waals surface area contributed by atoms with Crippen LogP contribution in [0.5, 0.6) is 0 Å². The predicted molar refractivity (Wildman–Crippen MR) is 61.1 cm³/mol. The van der Waals surface area contributed by atoms with Gasteiger partial charge in [-0.15, -0.1) is 0 Å². The van der Waals surface area contributed by atoms with Crippen molar-refractivity contribution in [2.24, 2.45) is 5.92 Å². The van der Waals surface area contributed by atoms with Crippen LogP contribution in [0.2, 0.25) is 0 Å². The lowest BCUT2D eigenvalue weighted by atomic mass is 9.85. The minimum Gasteiger partial charge on any atom is -0.374 e. The molecule has 1 saturated heterocycles. The molecule has 0 saturated carbocycles. The summed E-state index contributed by atoms with van der Waals surface area (Å²) in [5, 5.41) is 0. The Morgan fingerprint density at radius 1 is 1.33 bits per heavy atom. The number of fused-ring (bicyclic) bond motifs is 3. The smallest absolute Gasteiger partial charge is 0.0889 e. The van der Waals surface area contributed by atoms with Crippen molar-refractivity contribution < 1.29 is 4.74 Å². The lowest BCUT2D eigenvalue weighted by Gasteiger charge is -2.41. The first-order chi connectivity index (χ1) is 7.36. The molecule has 1 fully saturated rings. The number of benzene rings is 1. The van der Waals surface area contributed by atoms with E-state index in [1.807, 2.05) is 0 Å². The summed E-state index contributed by atoms with van der Waals surface area (Å²) in [6, 6.07) is 8.64. The van der Waals surface area contributed by atoms with Gasteiger partial charge in [0.05, 0.1) is 6.10 Å². The Morgan fingerprint density at radius 3 is 3.13 bits per heavy atom. The first-order valence-corrected chi connectivity index (χ1v) is 5.78. The molecule has 0 unspecified atom stereocenters. The molecule has 0 amide bonds. The van der Waals surface area contributed by atoms with Gasteiger partial charge in [0, 0.05) is 37.4 Å². The summed E-state index contributed by atoms with van der Waals surface area (Å²) >= 11 is 0. The molecular weight excluding hydrogens is 186 g/mol. The third kappa shape index (κ3) is 1.44. The van der Waals surface area contributed by atoms with Crippen molar-refractivity contribution in [1.82, 2.24) is 0 Å². The van der Waals surface area contributed by atoms with E-state index in [9.17, 15) is 0 Å². The molecule has 0 N–H and O–H groups in total. The van der Waals surface area contributed by atoms with Crippen LogP contribution in [0.4, 0.5) is 5.69 Å². The van der Waals surface area contributed by atoms with Crippen molar-refractivity contribution in [3.8, 4) is 0 Å². The Bertz CT molecular complexity index is 363. The highest BCUT2D eigenvalue weighted by atomic mass is 16.5. The maximum atomic E-state index is 5.93. The topological polar surface area (TPSA) is 12.5 Å². The van der Waals surface area contributed by atoms with Gasteiger partial charge >= 0.3 is 0 Å². The van der Waals surface area contributed by atoms with Crippen LogP contribution < -0.4 is 4.90 Å². The minimum atomic E-state index is 0.353. The van der Waals surface area contributed by atoms with Crippen molar-refractivity contribution in [3.63, 3.8) is 0 Å². The van der Waals surface area contributed by atoms with Gasteiger partial charge < -0.3 is 9.64 Å². The van der Waals surface area contributed by atoms with Gasteiger partial charge in [-0.05, 0) is 18.9 Å². The average molecular weight is 203 g/mol. The summed E-state index contributed by atoms with van der Waals surface area (Å²) in [7, 11) is 2.18. The molecule has 0 radical (unpaired) electrons. The molecule has 1 aromatic carbocycles. The molecule has 0 spiro atoms. The summed E-state index contributed by atoms with van der Waals surface area (Å²) in [4.78, 5) is 2.37. The largest absolute Gasteiger partial charge is 0.374 e. The maximum Gasteiger partial charge on any atom is 0.0889 e. The summed E-state index contributed by atoms with van der Waals surface area (Å²) in [5.41, 5.74) is 2.73. The Hall–Kier alpha value is -1.02. The molecule has 3 rings (SSSR count). The third-order valence-electron chi connectivity index (χ3n) is 3.61. The van der Waals surface area contributed by atoms with Gasteiger partial charge in [-0.2, -0.15) is 0 Å². The van der Waals surface area contributed by atoms with Crippen molar-refractivity contribution in [2.75, 3.05) is 25.1 Å². The van der Waals surface area contributed by atoms with E-state index in [1.165, 1.54) is 24.1 Å². The molecule has 15 heavy (non-hydrogen) atoms. The van der Waals surface area contributed by atoms with E-state index in [4.69, 9.17) is 4.74 Å². The van der Waals surface area contributed by atoms with E-state index in [-0.39, 0.29) is 0 Å². The number of hydrogen-bond acceptors (Lipinski definition) is 2. The number of para-hydroxylation sites is 1. The van der Waals surface area contributed by atoms with E-state index in [0.29, 0.717) is 12.0 Å². The normalized spacial score (nSPS) is 29.5. The first kappa shape index (κ1) is 9.22. The van der Waals surface area contributed by atoms with Crippen molar-refractivity contribution >= 4 is 5.69 Å². The summed E-state index contributed by atoms with van der Waals surface area (Å²) in [6.45, 7) is 2.07. The van der Waals surface area contributed by atoms with Crippen LogP contribution in [0.15, 0.2) is 24.3 Å². The van der Waals surface area contributed by atoms with E-state index < -0.39 is 0 Å². The molecule has 2 heterocycles. The molecule has 2 atom stereocenters. The fourth-order valence-electron chi connectivity index (χ4n) is 2.90. The fraction of sp³-hybridized carbons (Fsp3) is 0.538. The summed E-state index contributed by atoms with van der Waals surface area (Å²) in [5.74, 6) is 0.693. The third-order valence-corrected chi connectivity index (χ3v) is 3.61.